The third-order valence-corrected chi connectivity index (χ3v) is 6.13. The highest BCUT2D eigenvalue weighted by Gasteiger charge is 2.19. The van der Waals surface area contributed by atoms with Crippen LogP contribution in [0.5, 0.6) is 0 Å². The number of hydrogen-bond acceptors (Lipinski definition) is 8. The summed E-state index contributed by atoms with van der Waals surface area (Å²) in [5.41, 5.74) is 4.89. The van der Waals surface area contributed by atoms with E-state index in [-0.39, 0.29) is 5.91 Å². The highest BCUT2D eigenvalue weighted by atomic mass is 16.2. The lowest BCUT2D eigenvalue weighted by atomic mass is 10.1. The Labute approximate surface area is 199 Å². The van der Waals surface area contributed by atoms with Gasteiger partial charge < -0.3 is 16.0 Å². The molecule has 0 unspecified atom stereocenters. The van der Waals surface area contributed by atoms with E-state index in [9.17, 15) is 4.79 Å². The van der Waals surface area contributed by atoms with Gasteiger partial charge in [-0.25, -0.2) is 9.97 Å². The van der Waals surface area contributed by atoms with Crippen molar-refractivity contribution in [3.05, 3.63) is 66.1 Å². The van der Waals surface area contributed by atoms with Crippen LogP contribution in [-0.4, -0.2) is 76.5 Å². The largest absolute Gasteiger partial charge is 0.354 e. The van der Waals surface area contributed by atoms with Gasteiger partial charge in [0.1, 0.15) is 0 Å². The molecule has 8 bridgehead atoms. The second-order valence-electron chi connectivity index (χ2n) is 8.71. The fraction of sp³-hybridized carbons (Fsp3) is 0.360. The molecule has 0 saturated carbocycles. The number of hydrogen-bond donors (Lipinski definition) is 3. The van der Waals surface area contributed by atoms with Gasteiger partial charge in [0.05, 0.1) is 17.9 Å². The van der Waals surface area contributed by atoms with Gasteiger partial charge in [0, 0.05) is 76.0 Å². The molecule has 0 radical (unpaired) electrons. The smallest absolute Gasteiger partial charge is 0.234 e. The monoisotopic (exact) mass is 458 g/mol. The van der Waals surface area contributed by atoms with Gasteiger partial charge in [-0.2, -0.15) is 0 Å². The minimum Gasteiger partial charge on any atom is -0.354 e. The van der Waals surface area contributed by atoms with Gasteiger partial charge in [-0.05, 0) is 35.9 Å². The first-order valence-electron chi connectivity index (χ1n) is 11.8. The van der Waals surface area contributed by atoms with Crippen molar-refractivity contribution in [1.29, 1.82) is 0 Å². The number of benzene rings is 1. The van der Waals surface area contributed by atoms with Gasteiger partial charge >= 0.3 is 0 Å². The first kappa shape index (κ1) is 22.4. The highest BCUT2D eigenvalue weighted by molar-refractivity contribution is 5.78. The Kier molecular flexibility index (Phi) is 7.04. The van der Waals surface area contributed by atoms with E-state index in [1.165, 1.54) is 5.56 Å². The maximum atomic E-state index is 12.3. The molecular formula is C25H30N8O. The van der Waals surface area contributed by atoms with Crippen molar-refractivity contribution in [3.8, 4) is 11.3 Å². The Morgan fingerprint density at radius 3 is 2.56 bits per heavy atom. The minimum atomic E-state index is 0.0813. The fourth-order valence-corrected chi connectivity index (χ4v) is 4.27. The molecular weight excluding hydrogens is 428 g/mol. The molecule has 3 N–H and O–H groups in total. The van der Waals surface area contributed by atoms with Crippen LogP contribution in [0.3, 0.4) is 0 Å². The van der Waals surface area contributed by atoms with Gasteiger partial charge in [0.2, 0.25) is 11.9 Å². The standard InChI is InChI=1S/C25H30N8O/c34-24-18-33-12-10-32(11-13-33)17-19-2-1-3-21(14-19)30-25-28-7-6-23(31-25)20-4-5-22(29-15-20)16-26-8-9-27-24/h1-7,14-15,26H,8-13,16-18H2,(H,27,34)(H,28,30,31). The summed E-state index contributed by atoms with van der Waals surface area (Å²) in [4.78, 5) is 30.6. The maximum absolute atomic E-state index is 12.3. The zero-order valence-corrected chi connectivity index (χ0v) is 19.2. The molecule has 2 aromatic heterocycles. The number of rotatable bonds is 0. The molecule has 8 rings (SSSR count). The van der Waals surface area contributed by atoms with Crippen molar-refractivity contribution in [3.63, 3.8) is 0 Å². The second-order valence-corrected chi connectivity index (χ2v) is 8.71. The van der Waals surface area contributed by atoms with Gasteiger partial charge in [0.25, 0.3) is 0 Å². The maximum Gasteiger partial charge on any atom is 0.234 e. The first-order valence-corrected chi connectivity index (χ1v) is 11.8. The quantitative estimate of drug-likeness (QED) is 0.468. The van der Waals surface area contributed by atoms with E-state index in [1.54, 1.807) is 6.20 Å². The van der Waals surface area contributed by atoms with E-state index in [4.69, 9.17) is 0 Å². The number of nitrogens with one attached hydrogen (secondary N) is 3. The van der Waals surface area contributed by atoms with Crippen LogP contribution in [0.1, 0.15) is 11.3 Å². The molecule has 5 aliphatic heterocycles. The van der Waals surface area contributed by atoms with E-state index in [0.717, 1.165) is 55.4 Å². The number of piperazine rings is 1. The number of carbonyl (C=O) groups is 1. The molecule has 176 valence electrons. The summed E-state index contributed by atoms with van der Waals surface area (Å²) in [7, 11) is 0. The Bertz CT molecular complexity index is 1110. The summed E-state index contributed by atoms with van der Waals surface area (Å²) in [6, 6.07) is 14.3. The Morgan fingerprint density at radius 2 is 1.74 bits per heavy atom. The van der Waals surface area contributed by atoms with Crippen molar-refractivity contribution < 1.29 is 4.79 Å². The molecule has 1 fully saturated rings. The molecule has 1 amide bonds. The Hall–Kier alpha value is -3.40. The highest BCUT2D eigenvalue weighted by Crippen LogP contribution is 2.20. The average molecular weight is 459 g/mol. The molecule has 9 nitrogen and oxygen atoms in total. The fourth-order valence-electron chi connectivity index (χ4n) is 4.27. The van der Waals surface area contributed by atoms with Crippen molar-refractivity contribution in [2.24, 2.45) is 0 Å². The lowest BCUT2D eigenvalue weighted by molar-refractivity contribution is -0.122. The van der Waals surface area contributed by atoms with Crippen LogP contribution < -0.4 is 16.0 Å². The molecule has 5 aliphatic rings. The predicted octanol–water partition coefficient (Wildman–Crippen LogP) is 1.62. The summed E-state index contributed by atoms with van der Waals surface area (Å²) < 4.78 is 0. The molecule has 1 saturated heterocycles. The van der Waals surface area contributed by atoms with Crippen LogP contribution in [0.2, 0.25) is 0 Å². The molecule has 0 spiro atoms. The zero-order valence-electron chi connectivity index (χ0n) is 19.2. The molecule has 7 heterocycles. The van der Waals surface area contributed by atoms with Crippen LogP contribution in [0.4, 0.5) is 11.6 Å². The average Bonchev–Trinajstić information content (AvgIpc) is 2.85. The van der Waals surface area contributed by atoms with Crippen LogP contribution in [-0.2, 0) is 17.9 Å². The number of anilines is 2. The molecule has 0 aliphatic carbocycles. The van der Waals surface area contributed by atoms with Crippen molar-refractivity contribution in [1.82, 2.24) is 35.4 Å². The summed E-state index contributed by atoms with van der Waals surface area (Å²) in [5, 5.41) is 9.69. The number of pyridine rings is 1. The van der Waals surface area contributed by atoms with Crippen LogP contribution in [0.15, 0.2) is 54.9 Å². The van der Waals surface area contributed by atoms with E-state index in [0.29, 0.717) is 32.1 Å². The predicted molar refractivity (Wildman–Crippen MR) is 131 cm³/mol. The molecule has 3 aromatic rings. The molecule has 9 heteroatoms. The summed E-state index contributed by atoms with van der Waals surface area (Å²) in [6.45, 7) is 6.95. The van der Waals surface area contributed by atoms with Gasteiger partial charge in [0.15, 0.2) is 0 Å². The third-order valence-electron chi connectivity index (χ3n) is 6.13. The number of amides is 1. The lowest BCUT2D eigenvalue weighted by Gasteiger charge is -2.34. The molecule has 34 heavy (non-hydrogen) atoms. The third kappa shape index (κ3) is 5.93. The van der Waals surface area contributed by atoms with E-state index >= 15 is 0 Å². The normalized spacial score (nSPS) is 21.5. The lowest BCUT2D eigenvalue weighted by Crippen LogP contribution is -2.49. The zero-order chi connectivity index (χ0) is 23.2. The van der Waals surface area contributed by atoms with Crippen molar-refractivity contribution in [2.75, 3.05) is 51.1 Å². The molecule has 0 atom stereocenters. The van der Waals surface area contributed by atoms with Gasteiger partial charge in [-0.15, -0.1) is 0 Å². The van der Waals surface area contributed by atoms with E-state index < -0.39 is 0 Å². The summed E-state index contributed by atoms with van der Waals surface area (Å²) in [6.07, 6.45) is 3.60. The van der Waals surface area contributed by atoms with Gasteiger partial charge in [-0.3, -0.25) is 19.6 Å². The van der Waals surface area contributed by atoms with E-state index in [2.05, 4.69) is 58.9 Å². The number of nitrogens with zero attached hydrogens (tertiary/aromatic N) is 5. The molecule has 1 aromatic carbocycles. The Balaban J connectivity index is 1.35. The first-order chi connectivity index (χ1) is 16.7. The van der Waals surface area contributed by atoms with Crippen molar-refractivity contribution >= 4 is 17.5 Å². The summed E-state index contributed by atoms with van der Waals surface area (Å²) >= 11 is 0. The number of carbonyl (C=O) groups excluding carboxylic acids is 1. The van der Waals surface area contributed by atoms with Crippen LogP contribution >= 0.6 is 0 Å². The summed E-state index contributed by atoms with van der Waals surface area (Å²) in [5.74, 6) is 0.641. The topological polar surface area (TPSA) is 98.3 Å². The van der Waals surface area contributed by atoms with E-state index in [1.807, 2.05) is 30.5 Å². The van der Waals surface area contributed by atoms with Crippen molar-refractivity contribution in [2.45, 2.75) is 13.1 Å². The Morgan fingerprint density at radius 1 is 0.882 bits per heavy atom. The second kappa shape index (κ2) is 10.7. The van der Waals surface area contributed by atoms with Gasteiger partial charge in [-0.1, -0.05) is 12.1 Å². The number of aromatic nitrogens is 3. The minimum absolute atomic E-state index is 0.0813. The van der Waals surface area contributed by atoms with Crippen LogP contribution in [0.25, 0.3) is 11.3 Å². The SMILES string of the molecule is O=C1CN2CCN(CC2)Cc2cccc(c2)Nc2nccc(n2)-c2ccc(nc2)CNCCN1. The van der Waals surface area contributed by atoms with Crippen LogP contribution in [0, 0.1) is 0 Å².